The Hall–Kier alpha value is -0.990. The molecule has 1 aromatic carbocycles. The lowest BCUT2D eigenvalue weighted by Crippen LogP contribution is -2.41. The summed E-state index contributed by atoms with van der Waals surface area (Å²) in [5.74, 6) is 1.18. The van der Waals surface area contributed by atoms with Crippen LogP contribution in [-0.4, -0.2) is 23.9 Å². The normalized spacial score (nSPS) is 23.3. The Morgan fingerprint density at radius 1 is 1.25 bits per heavy atom. The van der Waals surface area contributed by atoms with Crippen LogP contribution in [-0.2, 0) is 4.79 Å². The van der Waals surface area contributed by atoms with Crippen molar-refractivity contribution in [1.29, 1.82) is 0 Å². The van der Waals surface area contributed by atoms with Gasteiger partial charge < -0.3 is 4.90 Å². The van der Waals surface area contributed by atoms with Crippen LogP contribution in [0.2, 0.25) is 10.0 Å². The SMILES string of the molecule is CC1CC(C)CN(C(=O)C=Cc2ccc(Cl)cc2Cl)C1. The van der Waals surface area contributed by atoms with Gasteiger partial charge in [-0.2, -0.15) is 0 Å². The molecule has 4 heteroatoms. The highest BCUT2D eigenvalue weighted by Crippen LogP contribution is 2.23. The number of amides is 1. The van der Waals surface area contributed by atoms with E-state index >= 15 is 0 Å². The highest BCUT2D eigenvalue weighted by Gasteiger charge is 2.23. The van der Waals surface area contributed by atoms with Gasteiger partial charge in [0.25, 0.3) is 0 Å². The second-order valence-corrected chi connectivity index (χ2v) is 6.53. The number of carbonyl (C=O) groups is 1. The number of carbonyl (C=O) groups excluding carboxylic acids is 1. The Morgan fingerprint density at radius 2 is 1.90 bits per heavy atom. The van der Waals surface area contributed by atoms with Crippen molar-refractivity contribution in [3.05, 3.63) is 39.9 Å². The third kappa shape index (κ3) is 4.00. The Labute approximate surface area is 130 Å². The molecule has 2 nitrogen and oxygen atoms in total. The Balaban J connectivity index is 2.05. The predicted octanol–water partition coefficient (Wildman–Crippen LogP) is 4.51. The average Bonchev–Trinajstić information content (AvgIpc) is 2.36. The van der Waals surface area contributed by atoms with Gasteiger partial charge in [-0.15, -0.1) is 0 Å². The van der Waals surface area contributed by atoms with Crippen LogP contribution in [0.25, 0.3) is 6.08 Å². The molecule has 0 radical (unpaired) electrons. The van der Waals surface area contributed by atoms with Gasteiger partial charge in [-0.05, 0) is 42.0 Å². The van der Waals surface area contributed by atoms with E-state index in [1.165, 1.54) is 6.42 Å². The lowest BCUT2D eigenvalue weighted by atomic mass is 9.92. The first-order chi connectivity index (χ1) is 9.45. The maximum absolute atomic E-state index is 12.2. The third-order valence-electron chi connectivity index (χ3n) is 3.55. The van der Waals surface area contributed by atoms with E-state index in [0.717, 1.165) is 18.7 Å². The number of hydrogen-bond donors (Lipinski definition) is 0. The molecule has 0 aromatic heterocycles. The molecule has 108 valence electrons. The van der Waals surface area contributed by atoms with Crippen molar-refractivity contribution in [2.75, 3.05) is 13.1 Å². The minimum absolute atomic E-state index is 0.0504. The van der Waals surface area contributed by atoms with Crippen molar-refractivity contribution in [3.8, 4) is 0 Å². The standard InChI is InChI=1S/C16H19Cl2NO/c1-11-7-12(2)10-19(9-11)16(20)6-4-13-3-5-14(17)8-15(13)18/h3-6,8,11-12H,7,9-10H2,1-2H3. The summed E-state index contributed by atoms with van der Waals surface area (Å²) in [6, 6.07) is 5.26. The number of halogens is 2. The van der Waals surface area contributed by atoms with E-state index in [0.29, 0.717) is 21.9 Å². The summed E-state index contributed by atoms with van der Waals surface area (Å²) in [4.78, 5) is 14.1. The molecule has 0 aliphatic carbocycles. The maximum Gasteiger partial charge on any atom is 0.246 e. The van der Waals surface area contributed by atoms with E-state index in [9.17, 15) is 4.79 Å². The number of likely N-dealkylation sites (tertiary alicyclic amines) is 1. The van der Waals surface area contributed by atoms with Crippen molar-refractivity contribution in [2.24, 2.45) is 11.8 Å². The molecule has 0 N–H and O–H groups in total. The van der Waals surface area contributed by atoms with Crippen molar-refractivity contribution >= 4 is 35.2 Å². The summed E-state index contributed by atoms with van der Waals surface area (Å²) in [5, 5.41) is 1.15. The van der Waals surface area contributed by atoms with Gasteiger partial charge in [0.05, 0.1) is 0 Å². The molecule has 1 saturated heterocycles. The topological polar surface area (TPSA) is 20.3 Å². The quantitative estimate of drug-likeness (QED) is 0.736. The van der Waals surface area contributed by atoms with Gasteiger partial charge in [0.1, 0.15) is 0 Å². The molecule has 0 saturated carbocycles. The van der Waals surface area contributed by atoms with Crippen LogP contribution in [0.15, 0.2) is 24.3 Å². The van der Waals surface area contributed by atoms with Crippen LogP contribution in [0.5, 0.6) is 0 Å². The average molecular weight is 312 g/mol. The van der Waals surface area contributed by atoms with E-state index in [-0.39, 0.29) is 5.91 Å². The predicted molar refractivity (Wildman–Crippen MR) is 85.0 cm³/mol. The molecule has 1 fully saturated rings. The number of hydrogen-bond acceptors (Lipinski definition) is 1. The molecule has 2 atom stereocenters. The van der Waals surface area contributed by atoms with Crippen LogP contribution in [0.3, 0.4) is 0 Å². The van der Waals surface area contributed by atoms with E-state index in [1.807, 2.05) is 11.0 Å². The van der Waals surface area contributed by atoms with Gasteiger partial charge in [-0.25, -0.2) is 0 Å². The van der Waals surface area contributed by atoms with Crippen molar-refractivity contribution in [3.63, 3.8) is 0 Å². The molecule has 2 unspecified atom stereocenters. The third-order valence-corrected chi connectivity index (χ3v) is 4.11. The fourth-order valence-corrected chi connectivity index (χ4v) is 3.22. The van der Waals surface area contributed by atoms with Crippen molar-refractivity contribution in [2.45, 2.75) is 20.3 Å². The summed E-state index contributed by atoms with van der Waals surface area (Å²) in [6.45, 7) is 6.05. The molecule has 1 amide bonds. The number of nitrogens with zero attached hydrogens (tertiary/aromatic N) is 1. The molecule has 1 aliphatic heterocycles. The van der Waals surface area contributed by atoms with Gasteiger partial charge >= 0.3 is 0 Å². The smallest absolute Gasteiger partial charge is 0.246 e. The molecule has 1 heterocycles. The summed E-state index contributed by atoms with van der Waals surface area (Å²) in [6.07, 6.45) is 4.54. The number of rotatable bonds is 2. The number of benzene rings is 1. The van der Waals surface area contributed by atoms with Crippen LogP contribution < -0.4 is 0 Å². The molecule has 0 spiro atoms. The van der Waals surface area contributed by atoms with Gasteiger partial charge in [0.15, 0.2) is 0 Å². The summed E-state index contributed by atoms with van der Waals surface area (Å²) in [5.41, 5.74) is 0.808. The lowest BCUT2D eigenvalue weighted by Gasteiger charge is -2.34. The first-order valence-electron chi connectivity index (χ1n) is 6.87. The molecule has 1 aliphatic rings. The van der Waals surface area contributed by atoms with Gasteiger partial charge in [-0.1, -0.05) is 43.1 Å². The monoisotopic (exact) mass is 311 g/mol. The molecular formula is C16H19Cl2NO. The van der Waals surface area contributed by atoms with Gasteiger partial charge in [0, 0.05) is 29.2 Å². The van der Waals surface area contributed by atoms with E-state index in [2.05, 4.69) is 13.8 Å². The van der Waals surface area contributed by atoms with Gasteiger partial charge in [-0.3, -0.25) is 4.79 Å². The number of piperidine rings is 1. The molecule has 1 aromatic rings. The maximum atomic E-state index is 12.2. The lowest BCUT2D eigenvalue weighted by molar-refractivity contribution is -0.128. The minimum atomic E-state index is 0.0504. The van der Waals surface area contributed by atoms with Crippen LogP contribution >= 0.6 is 23.2 Å². The highest BCUT2D eigenvalue weighted by molar-refractivity contribution is 6.35. The first-order valence-corrected chi connectivity index (χ1v) is 7.63. The Morgan fingerprint density at radius 3 is 2.50 bits per heavy atom. The second kappa shape index (κ2) is 6.64. The molecular weight excluding hydrogens is 293 g/mol. The Kier molecular flexibility index (Phi) is 5.11. The largest absolute Gasteiger partial charge is 0.339 e. The van der Waals surface area contributed by atoms with Gasteiger partial charge in [0.2, 0.25) is 5.91 Å². The van der Waals surface area contributed by atoms with E-state index < -0.39 is 0 Å². The summed E-state index contributed by atoms with van der Waals surface area (Å²) >= 11 is 11.9. The molecule has 2 rings (SSSR count). The highest BCUT2D eigenvalue weighted by atomic mass is 35.5. The Bertz CT molecular complexity index is 517. The van der Waals surface area contributed by atoms with Crippen LogP contribution in [0.4, 0.5) is 0 Å². The van der Waals surface area contributed by atoms with E-state index in [1.54, 1.807) is 24.3 Å². The fourth-order valence-electron chi connectivity index (χ4n) is 2.75. The minimum Gasteiger partial charge on any atom is -0.339 e. The van der Waals surface area contributed by atoms with Crippen molar-refractivity contribution in [1.82, 2.24) is 4.90 Å². The second-order valence-electron chi connectivity index (χ2n) is 5.69. The zero-order valence-electron chi connectivity index (χ0n) is 11.8. The van der Waals surface area contributed by atoms with Crippen LogP contribution in [0, 0.1) is 11.8 Å². The molecule has 0 bridgehead atoms. The van der Waals surface area contributed by atoms with Crippen LogP contribution in [0.1, 0.15) is 25.8 Å². The summed E-state index contributed by atoms with van der Waals surface area (Å²) < 4.78 is 0. The summed E-state index contributed by atoms with van der Waals surface area (Å²) in [7, 11) is 0. The molecule has 20 heavy (non-hydrogen) atoms. The van der Waals surface area contributed by atoms with Crippen molar-refractivity contribution < 1.29 is 4.79 Å². The zero-order chi connectivity index (χ0) is 14.7. The van der Waals surface area contributed by atoms with E-state index in [4.69, 9.17) is 23.2 Å². The zero-order valence-corrected chi connectivity index (χ0v) is 13.3. The first kappa shape index (κ1) is 15.4. The fraction of sp³-hybridized carbons (Fsp3) is 0.438.